The van der Waals surface area contributed by atoms with Gasteiger partial charge in [-0.1, -0.05) is 12.1 Å². The van der Waals surface area contributed by atoms with Gasteiger partial charge in [0.15, 0.2) is 0 Å². The largest absolute Gasteiger partial charge is 0.310 e. The highest BCUT2D eigenvalue weighted by Crippen LogP contribution is 2.31. The van der Waals surface area contributed by atoms with Gasteiger partial charge in [0.25, 0.3) is 5.56 Å². The van der Waals surface area contributed by atoms with E-state index in [1.807, 2.05) is 24.3 Å². The number of aryl methyl sites for hydroxylation is 1. The molecule has 160 valence electrons. The fourth-order valence-electron chi connectivity index (χ4n) is 4.64. The molecular weight excluding hydrogens is 393 g/mol. The predicted octanol–water partition coefficient (Wildman–Crippen LogP) is 4.14. The minimum Gasteiger partial charge on any atom is -0.310 e. The summed E-state index contributed by atoms with van der Waals surface area (Å²) >= 11 is 0. The maximum absolute atomic E-state index is 13.4. The molecule has 1 saturated heterocycles. The molecule has 6 nitrogen and oxygen atoms in total. The number of halogens is 1. The van der Waals surface area contributed by atoms with Gasteiger partial charge in [0.1, 0.15) is 11.6 Å². The number of nitrogens with zero attached hydrogens (tertiary/aromatic N) is 3. The summed E-state index contributed by atoms with van der Waals surface area (Å²) in [6.45, 7) is 3.16. The number of hydrogen-bond acceptors (Lipinski definition) is 4. The van der Waals surface area contributed by atoms with Crippen LogP contribution in [-0.4, -0.2) is 44.7 Å². The molecule has 3 heterocycles. The van der Waals surface area contributed by atoms with E-state index in [1.165, 1.54) is 12.1 Å². The zero-order valence-electron chi connectivity index (χ0n) is 17.4. The number of aromatic nitrogens is 4. The highest BCUT2D eigenvalue weighted by Gasteiger charge is 2.23. The van der Waals surface area contributed by atoms with Crippen LogP contribution in [0.25, 0.3) is 21.8 Å². The molecule has 1 fully saturated rings. The molecule has 4 aromatic rings. The summed E-state index contributed by atoms with van der Waals surface area (Å²) in [4.78, 5) is 22.2. The van der Waals surface area contributed by atoms with Gasteiger partial charge in [-0.3, -0.25) is 9.89 Å². The minimum atomic E-state index is -0.247. The van der Waals surface area contributed by atoms with E-state index in [0.717, 1.165) is 74.2 Å². The summed E-state index contributed by atoms with van der Waals surface area (Å²) in [7, 11) is 0. The number of aromatic amines is 2. The number of H-pyrrole nitrogens is 2. The lowest BCUT2D eigenvalue weighted by atomic mass is 9.91. The van der Waals surface area contributed by atoms with E-state index in [1.54, 1.807) is 6.07 Å². The molecule has 0 saturated carbocycles. The van der Waals surface area contributed by atoms with Gasteiger partial charge in [-0.05, 0) is 69.6 Å². The van der Waals surface area contributed by atoms with Gasteiger partial charge in [-0.25, -0.2) is 9.37 Å². The van der Waals surface area contributed by atoms with E-state index in [0.29, 0.717) is 16.8 Å². The van der Waals surface area contributed by atoms with Crippen molar-refractivity contribution in [2.45, 2.75) is 38.0 Å². The average Bonchev–Trinajstić information content (AvgIpc) is 3.20. The van der Waals surface area contributed by atoms with Gasteiger partial charge in [0, 0.05) is 29.5 Å². The Hall–Kier alpha value is -3.06. The summed E-state index contributed by atoms with van der Waals surface area (Å²) in [5.41, 5.74) is 2.55. The van der Waals surface area contributed by atoms with Gasteiger partial charge < -0.3 is 9.88 Å². The number of para-hydroxylation sites is 1. The number of hydrogen-bond donors (Lipinski definition) is 2. The third-order valence-corrected chi connectivity index (χ3v) is 6.34. The number of unbranched alkanes of at least 4 members (excludes halogenated alkanes) is 1. The van der Waals surface area contributed by atoms with Crippen molar-refractivity contribution in [3.05, 3.63) is 70.2 Å². The first-order chi connectivity index (χ1) is 15.2. The highest BCUT2D eigenvalue weighted by atomic mass is 19.1. The van der Waals surface area contributed by atoms with Crippen molar-refractivity contribution >= 4 is 21.8 Å². The molecule has 0 unspecified atom stereocenters. The number of nitrogens with one attached hydrogen (secondary N) is 2. The third kappa shape index (κ3) is 4.23. The first kappa shape index (κ1) is 19.9. The van der Waals surface area contributed by atoms with Crippen LogP contribution in [0.4, 0.5) is 4.39 Å². The fraction of sp³-hybridized carbons (Fsp3) is 0.375. The summed E-state index contributed by atoms with van der Waals surface area (Å²) in [6.07, 6.45) is 5.01. The average molecular weight is 420 g/mol. The molecule has 2 aromatic heterocycles. The lowest BCUT2D eigenvalue weighted by molar-refractivity contribution is 0.208. The molecule has 1 aliphatic heterocycles. The molecular formula is C24H26FN5O. The SMILES string of the molecule is O=c1[nH]c(CCCCN2CCC(c3[nH]nc4cc(F)ccc34)CC2)nc2ccccc12. The van der Waals surface area contributed by atoms with Crippen LogP contribution >= 0.6 is 0 Å². The van der Waals surface area contributed by atoms with Crippen molar-refractivity contribution < 1.29 is 4.39 Å². The van der Waals surface area contributed by atoms with Crippen LogP contribution in [0.5, 0.6) is 0 Å². The smallest absolute Gasteiger partial charge is 0.258 e. The maximum atomic E-state index is 13.4. The number of benzene rings is 2. The van der Waals surface area contributed by atoms with Crippen molar-refractivity contribution in [3.8, 4) is 0 Å². The monoisotopic (exact) mass is 419 g/mol. The van der Waals surface area contributed by atoms with Crippen LogP contribution in [-0.2, 0) is 6.42 Å². The molecule has 1 aliphatic rings. The molecule has 0 spiro atoms. The quantitative estimate of drug-likeness (QED) is 0.461. The number of likely N-dealkylation sites (tertiary alicyclic amines) is 1. The normalized spacial score (nSPS) is 15.8. The highest BCUT2D eigenvalue weighted by molar-refractivity contribution is 5.81. The van der Waals surface area contributed by atoms with E-state index < -0.39 is 0 Å². The Morgan fingerprint density at radius 3 is 2.74 bits per heavy atom. The Morgan fingerprint density at radius 1 is 1.03 bits per heavy atom. The van der Waals surface area contributed by atoms with Crippen LogP contribution in [0.15, 0.2) is 47.3 Å². The Labute approximate surface area is 179 Å². The van der Waals surface area contributed by atoms with E-state index in [2.05, 4.69) is 25.1 Å². The van der Waals surface area contributed by atoms with E-state index in [9.17, 15) is 9.18 Å². The van der Waals surface area contributed by atoms with Gasteiger partial charge >= 0.3 is 0 Å². The van der Waals surface area contributed by atoms with Crippen molar-refractivity contribution in [2.24, 2.45) is 0 Å². The lowest BCUT2D eigenvalue weighted by Crippen LogP contribution is -2.33. The number of fused-ring (bicyclic) bond motifs is 2. The first-order valence-electron chi connectivity index (χ1n) is 11.0. The second-order valence-electron chi connectivity index (χ2n) is 8.40. The zero-order chi connectivity index (χ0) is 21.2. The van der Waals surface area contributed by atoms with Crippen molar-refractivity contribution in [2.75, 3.05) is 19.6 Å². The Kier molecular flexibility index (Phi) is 5.51. The molecule has 31 heavy (non-hydrogen) atoms. The summed E-state index contributed by atoms with van der Waals surface area (Å²) in [6, 6.07) is 12.3. The topological polar surface area (TPSA) is 77.7 Å². The van der Waals surface area contributed by atoms with Gasteiger partial charge in [0.05, 0.1) is 16.4 Å². The summed E-state index contributed by atoms with van der Waals surface area (Å²) in [5, 5.41) is 9.10. The van der Waals surface area contributed by atoms with Gasteiger partial charge in [-0.2, -0.15) is 5.10 Å². The minimum absolute atomic E-state index is 0.0586. The van der Waals surface area contributed by atoms with Crippen LogP contribution in [0.3, 0.4) is 0 Å². The van der Waals surface area contributed by atoms with Gasteiger partial charge in [0.2, 0.25) is 0 Å². The Morgan fingerprint density at radius 2 is 1.87 bits per heavy atom. The Bertz CT molecular complexity index is 1260. The molecule has 5 rings (SSSR count). The zero-order valence-corrected chi connectivity index (χ0v) is 17.4. The molecule has 0 radical (unpaired) electrons. The molecule has 2 aromatic carbocycles. The predicted molar refractivity (Wildman–Crippen MR) is 120 cm³/mol. The molecule has 7 heteroatoms. The number of rotatable bonds is 6. The fourth-order valence-corrected chi connectivity index (χ4v) is 4.64. The van der Waals surface area contributed by atoms with Crippen molar-refractivity contribution in [1.29, 1.82) is 0 Å². The lowest BCUT2D eigenvalue weighted by Gasteiger charge is -2.31. The van der Waals surface area contributed by atoms with Crippen LogP contribution in [0.2, 0.25) is 0 Å². The first-order valence-corrected chi connectivity index (χ1v) is 11.0. The van der Waals surface area contributed by atoms with Gasteiger partial charge in [-0.15, -0.1) is 0 Å². The standard InChI is InChI=1S/C24H26FN5O/c25-17-8-9-18-21(15-17)28-29-23(18)16-10-13-30(14-11-16)12-4-3-7-22-26-20-6-2-1-5-19(20)24(31)27-22/h1-2,5-6,8-9,15-16H,3-4,7,10-14H2,(H,28,29)(H,26,27,31). The molecule has 0 bridgehead atoms. The van der Waals surface area contributed by atoms with E-state index in [-0.39, 0.29) is 11.4 Å². The molecule has 0 atom stereocenters. The van der Waals surface area contributed by atoms with Crippen LogP contribution in [0.1, 0.15) is 43.1 Å². The second kappa shape index (κ2) is 8.59. The Balaban J connectivity index is 1.11. The summed E-state index contributed by atoms with van der Waals surface area (Å²) < 4.78 is 13.4. The van der Waals surface area contributed by atoms with Crippen molar-refractivity contribution in [3.63, 3.8) is 0 Å². The maximum Gasteiger partial charge on any atom is 0.258 e. The van der Waals surface area contributed by atoms with Crippen molar-refractivity contribution in [1.82, 2.24) is 25.1 Å². The van der Waals surface area contributed by atoms with E-state index >= 15 is 0 Å². The molecule has 2 N–H and O–H groups in total. The van der Waals surface area contributed by atoms with Crippen LogP contribution < -0.4 is 5.56 Å². The molecule has 0 amide bonds. The number of piperidine rings is 1. The third-order valence-electron chi connectivity index (χ3n) is 6.34. The molecule has 0 aliphatic carbocycles. The van der Waals surface area contributed by atoms with E-state index in [4.69, 9.17) is 0 Å². The summed E-state index contributed by atoms with van der Waals surface area (Å²) in [5.74, 6) is 0.965. The second-order valence-corrected chi connectivity index (χ2v) is 8.40. The van der Waals surface area contributed by atoms with Crippen LogP contribution in [0, 0.1) is 5.82 Å².